The Kier molecular flexibility index (Phi) is 6.61. The molecule has 2 aromatic heterocycles. The number of aromatic nitrogens is 4. The van der Waals surface area contributed by atoms with Gasteiger partial charge in [0.05, 0.1) is 21.6 Å². The van der Waals surface area contributed by atoms with E-state index in [1.165, 1.54) is 23.9 Å². The van der Waals surface area contributed by atoms with E-state index >= 15 is 0 Å². The number of primary sulfonamides is 1. The predicted molar refractivity (Wildman–Crippen MR) is 130 cm³/mol. The van der Waals surface area contributed by atoms with Gasteiger partial charge >= 0.3 is 0 Å². The summed E-state index contributed by atoms with van der Waals surface area (Å²) in [5.41, 5.74) is 1.10. The van der Waals surface area contributed by atoms with Gasteiger partial charge in [-0.25, -0.2) is 18.5 Å². The van der Waals surface area contributed by atoms with Gasteiger partial charge < -0.3 is 4.52 Å². The Morgan fingerprint density at radius 2 is 1.76 bits per heavy atom. The van der Waals surface area contributed by atoms with E-state index in [2.05, 4.69) is 10.1 Å². The molecule has 0 aliphatic rings. The molecule has 0 atom stereocenters. The van der Waals surface area contributed by atoms with Crippen molar-refractivity contribution in [2.75, 3.05) is 0 Å². The second-order valence-electron chi connectivity index (χ2n) is 8.86. The molecule has 0 fully saturated rings. The highest BCUT2D eigenvalue weighted by atomic mass is 32.2. The Morgan fingerprint density at radius 1 is 1.06 bits per heavy atom. The molecule has 0 saturated heterocycles. The summed E-state index contributed by atoms with van der Waals surface area (Å²) in [4.78, 5) is 22.5. The molecule has 0 saturated carbocycles. The molecular formula is C23H25N5O4S2. The smallest absolute Gasteiger partial charge is 0.262 e. The standard InChI is InChI=1S/C23H25N5O4S2/c1-23(2,3)21-26-19(27-32-21)14-33-22-25-18-7-5-4-6-17(18)20(29)28(22)13-12-15-8-10-16(11-9-15)34(24,30)31/h4-11H,12-14H2,1-3H3,(H2,24,30,31). The number of aryl methyl sites for hydroxylation is 1. The van der Waals surface area contributed by atoms with Gasteiger partial charge in [0, 0.05) is 12.0 Å². The van der Waals surface area contributed by atoms with Crippen LogP contribution in [0.5, 0.6) is 0 Å². The lowest BCUT2D eigenvalue weighted by Crippen LogP contribution is -2.24. The number of thioether (sulfide) groups is 1. The molecule has 11 heteroatoms. The maximum absolute atomic E-state index is 13.3. The average Bonchev–Trinajstić information content (AvgIpc) is 3.27. The summed E-state index contributed by atoms with van der Waals surface area (Å²) in [6.45, 7) is 6.35. The van der Waals surface area contributed by atoms with E-state index in [-0.39, 0.29) is 15.9 Å². The minimum Gasteiger partial charge on any atom is -0.339 e. The molecular weight excluding hydrogens is 474 g/mol. The van der Waals surface area contributed by atoms with E-state index in [1.807, 2.05) is 39.0 Å². The van der Waals surface area contributed by atoms with E-state index < -0.39 is 10.0 Å². The maximum atomic E-state index is 13.3. The van der Waals surface area contributed by atoms with Crippen molar-refractivity contribution in [3.63, 3.8) is 0 Å². The Morgan fingerprint density at radius 3 is 2.41 bits per heavy atom. The van der Waals surface area contributed by atoms with Crippen LogP contribution in [0.25, 0.3) is 10.9 Å². The van der Waals surface area contributed by atoms with Crippen molar-refractivity contribution in [3.8, 4) is 0 Å². The Balaban J connectivity index is 1.61. The number of benzene rings is 2. The second-order valence-corrected chi connectivity index (χ2v) is 11.4. The van der Waals surface area contributed by atoms with Gasteiger partial charge in [-0.1, -0.05) is 62.0 Å². The van der Waals surface area contributed by atoms with Crippen LogP contribution >= 0.6 is 11.8 Å². The van der Waals surface area contributed by atoms with Gasteiger partial charge in [-0.05, 0) is 36.2 Å². The normalized spacial score (nSPS) is 12.4. The first-order valence-corrected chi connectivity index (χ1v) is 13.1. The third-order valence-electron chi connectivity index (χ3n) is 5.14. The molecule has 2 N–H and O–H groups in total. The van der Waals surface area contributed by atoms with Crippen molar-refractivity contribution in [2.45, 2.75) is 55.0 Å². The molecule has 2 heterocycles. The van der Waals surface area contributed by atoms with Gasteiger partial charge in [0.15, 0.2) is 11.0 Å². The van der Waals surface area contributed by atoms with E-state index in [0.717, 1.165) is 5.56 Å². The monoisotopic (exact) mass is 499 g/mol. The highest BCUT2D eigenvalue weighted by Crippen LogP contribution is 2.24. The van der Waals surface area contributed by atoms with Gasteiger partial charge in [0.25, 0.3) is 5.56 Å². The number of para-hydroxylation sites is 1. The fraction of sp³-hybridized carbons (Fsp3) is 0.304. The van der Waals surface area contributed by atoms with Gasteiger partial charge in [-0.15, -0.1) is 0 Å². The summed E-state index contributed by atoms with van der Waals surface area (Å²) in [6.07, 6.45) is 0.509. The van der Waals surface area contributed by atoms with E-state index in [0.29, 0.717) is 46.5 Å². The number of hydrogen-bond acceptors (Lipinski definition) is 8. The van der Waals surface area contributed by atoms with Crippen molar-refractivity contribution >= 4 is 32.7 Å². The van der Waals surface area contributed by atoms with Crippen LogP contribution in [-0.2, 0) is 34.2 Å². The van der Waals surface area contributed by atoms with E-state index in [4.69, 9.17) is 14.6 Å². The molecule has 0 bridgehead atoms. The molecule has 4 aromatic rings. The highest BCUT2D eigenvalue weighted by molar-refractivity contribution is 7.98. The lowest BCUT2D eigenvalue weighted by molar-refractivity contribution is 0.319. The average molecular weight is 500 g/mol. The van der Waals surface area contributed by atoms with Crippen molar-refractivity contribution in [1.82, 2.24) is 19.7 Å². The third kappa shape index (κ3) is 5.37. The number of hydrogen-bond donors (Lipinski definition) is 1. The van der Waals surface area contributed by atoms with Crippen LogP contribution in [0.4, 0.5) is 0 Å². The summed E-state index contributed by atoms with van der Waals surface area (Å²) in [7, 11) is -3.75. The molecule has 0 amide bonds. The largest absolute Gasteiger partial charge is 0.339 e. The van der Waals surface area contributed by atoms with E-state index in [9.17, 15) is 13.2 Å². The first kappa shape index (κ1) is 24.1. The molecule has 0 spiro atoms. The van der Waals surface area contributed by atoms with E-state index in [1.54, 1.807) is 22.8 Å². The third-order valence-corrected chi connectivity index (χ3v) is 7.04. The number of nitrogens with two attached hydrogens (primary N) is 1. The predicted octanol–water partition coefficient (Wildman–Crippen LogP) is 3.26. The van der Waals surface area contributed by atoms with Crippen molar-refractivity contribution < 1.29 is 12.9 Å². The lowest BCUT2D eigenvalue weighted by Gasteiger charge is -2.13. The zero-order valence-corrected chi connectivity index (χ0v) is 20.7. The van der Waals surface area contributed by atoms with Crippen LogP contribution in [0.3, 0.4) is 0 Å². The lowest BCUT2D eigenvalue weighted by atomic mass is 9.97. The first-order chi connectivity index (χ1) is 16.0. The summed E-state index contributed by atoms with van der Waals surface area (Å²) in [6, 6.07) is 13.5. The summed E-state index contributed by atoms with van der Waals surface area (Å²) < 4.78 is 30.0. The fourth-order valence-electron chi connectivity index (χ4n) is 3.29. The number of sulfonamides is 1. The molecule has 34 heavy (non-hydrogen) atoms. The van der Waals surface area contributed by atoms with Crippen LogP contribution in [-0.4, -0.2) is 28.1 Å². The van der Waals surface area contributed by atoms with Crippen LogP contribution in [0.2, 0.25) is 0 Å². The van der Waals surface area contributed by atoms with Crippen molar-refractivity contribution in [1.29, 1.82) is 0 Å². The summed E-state index contributed by atoms with van der Waals surface area (Å²) >= 11 is 1.37. The number of rotatable bonds is 7. The molecule has 0 aliphatic carbocycles. The molecule has 9 nitrogen and oxygen atoms in total. The molecule has 4 rings (SSSR count). The van der Waals surface area contributed by atoms with Crippen LogP contribution in [0.15, 0.2) is 67.9 Å². The molecule has 178 valence electrons. The zero-order valence-electron chi connectivity index (χ0n) is 19.1. The quantitative estimate of drug-likeness (QED) is 0.302. The number of nitrogens with zero attached hydrogens (tertiary/aromatic N) is 4. The zero-order chi connectivity index (χ0) is 24.5. The number of fused-ring (bicyclic) bond motifs is 1. The van der Waals surface area contributed by atoms with Crippen molar-refractivity contribution in [3.05, 3.63) is 76.2 Å². The molecule has 0 unspecified atom stereocenters. The van der Waals surface area contributed by atoms with Gasteiger partial charge in [-0.3, -0.25) is 9.36 Å². The Bertz CT molecular complexity index is 1490. The minimum absolute atomic E-state index is 0.0479. The van der Waals surface area contributed by atoms with Crippen LogP contribution < -0.4 is 10.7 Å². The first-order valence-electron chi connectivity index (χ1n) is 10.6. The summed E-state index contributed by atoms with van der Waals surface area (Å²) in [5.74, 6) is 1.48. The van der Waals surface area contributed by atoms with Gasteiger partial charge in [-0.2, -0.15) is 4.98 Å². The van der Waals surface area contributed by atoms with Gasteiger partial charge in [0.1, 0.15) is 0 Å². The van der Waals surface area contributed by atoms with Crippen LogP contribution in [0.1, 0.15) is 38.0 Å². The summed E-state index contributed by atoms with van der Waals surface area (Å²) in [5, 5.41) is 10.3. The topological polar surface area (TPSA) is 134 Å². The minimum atomic E-state index is -3.75. The Hall–Kier alpha value is -3.02. The maximum Gasteiger partial charge on any atom is 0.262 e. The van der Waals surface area contributed by atoms with Crippen molar-refractivity contribution in [2.24, 2.45) is 5.14 Å². The second kappa shape index (κ2) is 9.32. The fourth-order valence-corrected chi connectivity index (χ4v) is 4.67. The van der Waals surface area contributed by atoms with Gasteiger partial charge in [0.2, 0.25) is 15.9 Å². The van der Waals surface area contributed by atoms with Crippen LogP contribution in [0, 0.1) is 0 Å². The highest BCUT2D eigenvalue weighted by Gasteiger charge is 2.22. The Labute approximate surface area is 201 Å². The molecule has 0 radical (unpaired) electrons. The molecule has 2 aromatic carbocycles. The SMILES string of the molecule is CC(C)(C)c1nc(CSc2nc3ccccc3c(=O)n2CCc2ccc(S(N)(=O)=O)cc2)no1. The molecule has 0 aliphatic heterocycles.